The van der Waals surface area contributed by atoms with Crippen LogP contribution in [0.5, 0.6) is 5.75 Å². The van der Waals surface area contributed by atoms with E-state index >= 15 is 0 Å². The van der Waals surface area contributed by atoms with Gasteiger partial charge in [0.1, 0.15) is 11.6 Å². The minimum Gasteiger partial charge on any atom is -0.496 e. The summed E-state index contributed by atoms with van der Waals surface area (Å²) in [5, 5.41) is 3.41. The van der Waals surface area contributed by atoms with Gasteiger partial charge in [-0.1, -0.05) is 18.2 Å². The molecule has 2 aromatic carbocycles. The van der Waals surface area contributed by atoms with E-state index in [-0.39, 0.29) is 30.6 Å². The fourth-order valence-electron chi connectivity index (χ4n) is 3.02. The molecule has 3 rings (SSSR count). The van der Waals surface area contributed by atoms with E-state index in [0.29, 0.717) is 6.54 Å². The van der Waals surface area contributed by atoms with Gasteiger partial charge in [0, 0.05) is 38.3 Å². The molecule has 0 atom stereocenters. The fraction of sp³-hybridized carbons (Fsp3) is 0.400. The molecule has 0 saturated carbocycles. The number of morpholine rings is 1. The zero-order valence-electron chi connectivity index (χ0n) is 15.4. The summed E-state index contributed by atoms with van der Waals surface area (Å²) in [6.07, 6.45) is 0. The summed E-state index contributed by atoms with van der Waals surface area (Å²) < 4.78 is 23.9. The number of nitrogens with one attached hydrogen (secondary N) is 1. The predicted molar refractivity (Wildman–Crippen MR) is 111 cm³/mol. The summed E-state index contributed by atoms with van der Waals surface area (Å²) in [5.41, 5.74) is 3.49. The van der Waals surface area contributed by atoms with Crippen LogP contribution in [0.3, 0.4) is 0 Å². The van der Waals surface area contributed by atoms with Crippen molar-refractivity contribution in [3.8, 4) is 5.75 Å². The highest BCUT2D eigenvalue weighted by Crippen LogP contribution is 2.22. The first-order valence-corrected chi connectivity index (χ1v) is 8.65. The number of benzene rings is 2. The molecule has 0 unspecified atom stereocenters. The van der Waals surface area contributed by atoms with Gasteiger partial charge >= 0.3 is 0 Å². The van der Waals surface area contributed by atoms with Crippen LogP contribution in [-0.4, -0.2) is 38.3 Å². The number of halogens is 3. The van der Waals surface area contributed by atoms with Gasteiger partial charge in [-0.25, -0.2) is 4.39 Å². The number of nitrogens with zero attached hydrogens (tertiary/aromatic N) is 1. The molecular formula is C20H27Cl2FN2O2. The first-order chi connectivity index (χ1) is 12.2. The van der Waals surface area contributed by atoms with Crippen molar-refractivity contribution in [2.24, 2.45) is 0 Å². The minimum absolute atomic E-state index is 0. The van der Waals surface area contributed by atoms with E-state index < -0.39 is 0 Å². The molecule has 0 bridgehead atoms. The molecule has 2 aromatic rings. The Hall–Kier alpha value is -1.37. The molecule has 27 heavy (non-hydrogen) atoms. The molecule has 1 aliphatic heterocycles. The molecule has 150 valence electrons. The Morgan fingerprint density at radius 1 is 1.00 bits per heavy atom. The lowest BCUT2D eigenvalue weighted by atomic mass is 10.1. The van der Waals surface area contributed by atoms with Gasteiger partial charge in [-0.3, -0.25) is 4.90 Å². The Morgan fingerprint density at radius 2 is 1.63 bits per heavy atom. The molecule has 1 heterocycles. The highest BCUT2D eigenvalue weighted by Gasteiger charge is 2.13. The maximum absolute atomic E-state index is 12.9. The summed E-state index contributed by atoms with van der Waals surface area (Å²) in [4.78, 5) is 2.39. The number of rotatable bonds is 7. The molecule has 0 amide bonds. The molecule has 4 nitrogen and oxygen atoms in total. The van der Waals surface area contributed by atoms with Crippen LogP contribution < -0.4 is 10.1 Å². The van der Waals surface area contributed by atoms with Gasteiger partial charge in [0.25, 0.3) is 0 Å². The van der Waals surface area contributed by atoms with Gasteiger partial charge in [-0.2, -0.15) is 0 Å². The van der Waals surface area contributed by atoms with Crippen molar-refractivity contribution in [3.05, 3.63) is 65.0 Å². The van der Waals surface area contributed by atoms with Gasteiger partial charge in [0.15, 0.2) is 0 Å². The van der Waals surface area contributed by atoms with E-state index in [4.69, 9.17) is 9.47 Å². The van der Waals surface area contributed by atoms with Crippen LogP contribution in [0.25, 0.3) is 0 Å². The van der Waals surface area contributed by atoms with E-state index in [2.05, 4.69) is 22.3 Å². The second kappa shape index (κ2) is 12.2. The number of hydrogen-bond donors (Lipinski definition) is 1. The summed E-state index contributed by atoms with van der Waals surface area (Å²) in [7, 11) is 1.71. The van der Waals surface area contributed by atoms with Crippen LogP contribution in [0.1, 0.15) is 16.7 Å². The summed E-state index contributed by atoms with van der Waals surface area (Å²) in [6.45, 7) is 5.84. The molecule has 0 radical (unpaired) electrons. The van der Waals surface area contributed by atoms with Gasteiger partial charge in [0.2, 0.25) is 0 Å². The van der Waals surface area contributed by atoms with Gasteiger partial charge < -0.3 is 14.8 Å². The highest BCUT2D eigenvalue weighted by molar-refractivity contribution is 5.85. The quantitative estimate of drug-likeness (QED) is 0.743. The largest absolute Gasteiger partial charge is 0.496 e. The zero-order chi connectivity index (χ0) is 17.5. The molecule has 0 spiro atoms. The van der Waals surface area contributed by atoms with E-state index in [1.54, 1.807) is 19.2 Å². The predicted octanol–water partition coefficient (Wildman–Crippen LogP) is 3.80. The van der Waals surface area contributed by atoms with E-state index in [0.717, 1.165) is 50.7 Å². The number of hydrogen-bond acceptors (Lipinski definition) is 4. The molecule has 1 N–H and O–H groups in total. The van der Waals surface area contributed by atoms with E-state index in [1.807, 2.05) is 6.07 Å². The van der Waals surface area contributed by atoms with Crippen LogP contribution in [0.2, 0.25) is 0 Å². The van der Waals surface area contributed by atoms with E-state index in [1.165, 1.54) is 23.3 Å². The topological polar surface area (TPSA) is 33.7 Å². The standard InChI is InChI=1S/C20H25FN2O2.2ClH/c1-24-20-7-4-17(12-18(20)15-23-8-10-25-11-9-23)14-22-13-16-2-5-19(21)6-3-16;;/h2-7,12,22H,8-11,13-15H2,1H3;2*1H. The van der Waals surface area contributed by atoms with Crippen molar-refractivity contribution in [2.45, 2.75) is 19.6 Å². The zero-order valence-corrected chi connectivity index (χ0v) is 17.1. The molecule has 0 aromatic heterocycles. The Bertz CT molecular complexity index is 680. The SMILES string of the molecule is COc1ccc(CNCc2ccc(F)cc2)cc1CN1CCOCC1.Cl.Cl. The Balaban J connectivity index is 0.00000182. The van der Waals surface area contributed by atoms with Crippen molar-refractivity contribution >= 4 is 24.8 Å². The first-order valence-electron chi connectivity index (χ1n) is 8.65. The number of methoxy groups -OCH3 is 1. The van der Waals surface area contributed by atoms with Crippen molar-refractivity contribution in [3.63, 3.8) is 0 Å². The molecule has 7 heteroatoms. The third kappa shape index (κ3) is 7.28. The van der Waals surface area contributed by atoms with Crippen LogP contribution in [0.4, 0.5) is 4.39 Å². The Morgan fingerprint density at radius 3 is 2.30 bits per heavy atom. The smallest absolute Gasteiger partial charge is 0.123 e. The summed E-state index contributed by atoms with van der Waals surface area (Å²) >= 11 is 0. The molecule has 1 fully saturated rings. The first kappa shape index (κ1) is 23.7. The third-order valence-corrected chi connectivity index (χ3v) is 4.41. The van der Waals surface area contributed by atoms with E-state index in [9.17, 15) is 4.39 Å². The Labute approximate surface area is 172 Å². The molecular weight excluding hydrogens is 390 g/mol. The van der Waals surface area contributed by atoms with Crippen molar-refractivity contribution < 1.29 is 13.9 Å². The molecule has 0 aliphatic carbocycles. The summed E-state index contributed by atoms with van der Waals surface area (Å²) in [5.74, 6) is 0.723. The normalized spacial score (nSPS) is 14.1. The van der Waals surface area contributed by atoms with Crippen LogP contribution in [0, 0.1) is 5.82 Å². The summed E-state index contributed by atoms with van der Waals surface area (Å²) in [6, 6.07) is 12.9. The second-order valence-corrected chi connectivity index (χ2v) is 6.26. The van der Waals surface area contributed by atoms with Gasteiger partial charge in [-0.15, -0.1) is 24.8 Å². The van der Waals surface area contributed by atoms with Crippen molar-refractivity contribution in [1.82, 2.24) is 10.2 Å². The average molecular weight is 417 g/mol. The van der Waals surface area contributed by atoms with Gasteiger partial charge in [-0.05, 0) is 35.4 Å². The van der Waals surface area contributed by atoms with Gasteiger partial charge in [0.05, 0.1) is 20.3 Å². The molecule has 1 saturated heterocycles. The fourth-order valence-corrected chi connectivity index (χ4v) is 3.02. The lowest BCUT2D eigenvalue weighted by Gasteiger charge is -2.27. The lowest BCUT2D eigenvalue weighted by molar-refractivity contribution is 0.0339. The van der Waals surface area contributed by atoms with Crippen LogP contribution in [-0.2, 0) is 24.4 Å². The number of ether oxygens (including phenoxy) is 2. The highest BCUT2D eigenvalue weighted by atomic mass is 35.5. The van der Waals surface area contributed by atoms with Crippen molar-refractivity contribution in [2.75, 3.05) is 33.4 Å². The van der Waals surface area contributed by atoms with Crippen LogP contribution in [0.15, 0.2) is 42.5 Å². The maximum atomic E-state index is 12.9. The average Bonchev–Trinajstić information content (AvgIpc) is 2.64. The lowest BCUT2D eigenvalue weighted by Crippen LogP contribution is -2.35. The minimum atomic E-state index is -0.202. The van der Waals surface area contributed by atoms with Crippen LogP contribution >= 0.6 is 24.8 Å². The maximum Gasteiger partial charge on any atom is 0.123 e. The second-order valence-electron chi connectivity index (χ2n) is 6.26. The molecule has 1 aliphatic rings. The van der Waals surface area contributed by atoms with Crippen molar-refractivity contribution in [1.29, 1.82) is 0 Å². The third-order valence-electron chi connectivity index (χ3n) is 4.41. The Kier molecular flexibility index (Phi) is 10.7. The monoisotopic (exact) mass is 416 g/mol.